The highest BCUT2D eigenvalue weighted by atomic mass is 16.1. The smallest absolute Gasteiger partial charge is 0.211 e. The molecular formula is C16H14N2O2. The Morgan fingerprint density at radius 3 is 2.55 bits per heavy atom. The zero-order chi connectivity index (χ0) is 14.6. The summed E-state index contributed by atoms with van der Waals surface area (Å²) in [7, 11) is 0. The summed E-state index contributed by atoms with van der Waals surface area (Å²) in [6.07, 6.45) is 9.93. The number of rotatable bonds is 3. The maximum atomic E-state index is 10.6. The van der Waals surface area contributed by atoms with Gasteiger partial charge in [-0.15, -0.1) is 0 Å². The van der Waals surface area contributed by atoms with Gasteiger partial charge in [-0.2, -0.15) is 9.98 Å². The Hall–Kier alpha value is -2.54. The lowest BCUT2D eigenvalue weighted by atomic mass is 9.79. The summed E-state index contributed by atoms with van der Waals surface area (Å²) in [6.45, 7) is 4.26. The normalized spacial score (nSPS) is 15.8. The van der Waals surface area contributed by atoms with Crippen LogP contribution < -0.4 is 0 Å². The number of isocyanates is 2. The van der Waals surface area contributed by atoms with Crippen LogP contribution in [0.2, 0.25) is 0 Å². The van der Waals surface area contributed by atoms with Crippen LogP contribution in [0.4, 0.5) is 11.4 Å². The van der Waals surface area contributed by atoms with Gasteiger partial charge in [0.05, 0.1) is 0 Å². The van der Waals surface area contributed by atoms with E-state index in [2.05, 4.69) is 29.9 Å². The highest BCUT2D eigenvalue weighted by Crippen LogP contribution is 2.41. The first-order valence-electron chi connectivity index (χ1n) is 6.25. The molecule has 20 heavy (non-hydrogen) atoms. The summed E-state index contributed by atoms with van der Waals surface area (Å²) < 4.78 is 0. The molecule has 0 unspecified atom stereocenters. The van der Waals surface area contributed by atoms with Crippen molar-refractivity contribution in [2.24, 2.45) is 15.4 Å². The molecule has 0 heterocycles. The summed E-state index contributed by atoms with van der Waals surface area (Å²) >= 11 is 0. The molecule has 0 aliphatic heterocycles. The monoisotopic (exact) mass is 266 g/mol. The van der Waals surface area contributed by atoms with E-state index in [-0.39, 0.29) is 5.41 Å². The molecule has 0 amide bonds. The third kappa shape index (κ3) is 2.89. The number of carbonyl (C=O) groups excluding carboxylic acids is 2. The van der Waals surface area contributed by atoms with Crippen molar-refractivity contribution in [1.29, 1.82) is 0 Å². The van der Waals surface area contributed by atoms with Crippen LogP contribution in [0.25, 0.3) is 5.57 Å². The fourth-order valence-corrected chi connectivity index (χ4v) is 2.31. The summed E-state index contributed by atoms with van der Waals surface area (Å²) in [6, 6.07) is 5.26. The first-order chi connectivity index (χ1) is 9.57. The second-order valence-electron chi connectivity index (χ2n) is 5.30. The fraction of sp³-hybridized carbons (Fsp3) is 0.250. The van der Waals surface area contributed by atoms with Gasteiger partial charge in [-0.3, -0.25) is 0 Å². The maximum absolute atomic E-state index is 10.6. The van der Waals surface area contributed by atoms with E-state index in [0.29, 0.717) is 11.4 Å². The van der Waals surface area contributed by atoms with Gasteiger partial charge in [-0.1, -0.05) is 44.2 Å². The van der Waals surface area contributed by atoms with E-state index in [1.54, 1.807) is 12.1 Å². The van der Waals surface area contributed by atoms with Crippen molar-refractivity contribution in [3.05, 3.63) is 42.0 Å². The van der Waals surface area contributed by atoms with Gasteiger partial charge >= 0.3 is 0 Å². The van der Waals surface area contributed by atoms with Crippen molar-refractivity contribution in [1.82, 2.24) is 0 Å². The van der Waals surface area contributed by atoms with Crippen LogP contribution in [0.1, 0.15) is 25.8 Å². The second kappa shape index (κ2) is 5.62. The SMILES string of the molecule is CC1(C)C=CC=C(c2cccc(N=C=O)c2N=C=O)C1. The van der Waals surface area contributed by atoms with Crippen LogP contribution in [0, 0.1) is 5.41 Å². The van der Waals surface area contributed by atoms with Gasteiger partial charge in [-0.25, -0.2) is 9.59 Å². The third-order valence-electron chi connectivity index (χ3n) is 3.18. The van der Waals surface area contributed by atoms with Crippen LogP contribution in [-0.4, -0.2) is 12.2 Å². The van der Waals surface area contributed by atoms with Gasteiger partial charge in [0, 0.05) is 5.56 Å². The molecule has 4 nitrogen and oxygen atoms in total. The van der Waals surface area contributed by atoms with Crippen LogP contribution in [0.15, 0.2) is 46.4 Å². The Kier molecular flexibility index (Phi) is 3.90. The molecule has 100 valence electrons. The zero-order valence-corrected chi connectivity index (χ0v) is 11.4. The first kappa shape index (κ1) is 13.9. The number of hydrogen-bond acceptors (Lipinski definition) is 4. The van der Waals surface area contributed by atoms with Crippen molar-refractivity contribution in [2.75, 3.05) is 0 Å². The minimum atomic E-state index is 0.0379. The molecule has 0 atom stereocenters. The van der Waals surface area contributed by atoms with Gasteiger partial charge in [0.25, 0.3) is 0 Å². The quantitative estimate of drug-likeness (QED) is 0.613. The summed E-state index contributed by atoms with van der Waals surface area (Å²) in [5, 5.41) is 0. The second-order valence-corrected chi connectivity index (χ2v) is 5.30. The molecule has 4 heteroatoms. The fourth-order valence-electron chi connectivity index (χ4n) is 2.31. The minimum Gasteiger partial charge on any atom is -0.211 e. The van der Waals surface area contributed by atoms with Crippen molar-refractivity contribution < 1.29 is 9.59 Å². The van der Waals surface area contributed by atoms with Crippen molar-refractivity contribution in [3.63, 3.8) is 0 Å². The number of hydrogen-bond donors (Lipinski definition) is 0. The average molecular weight is 266 g/mol. The molecule has 1 aromatic carbocycles. The maximum Gasteiger partial charge on any atom is 0.240 e. The number of aliphatic imine (C=N–C) groups is 2. The predicted molar refractivity (Wildman–Crippen MR) is 77.5 cm³/mol. The van der Waals surface area contributed by atoms with Gasteiger partial charge in [-0.05, 0) is 23.5 Å². The number of benzene rings is 1. The van der Waals surface area contributed by atoms with Crippen molar-refractivity contribution in [2.45, 2.75) is 20.3 Å². The van der Waals surface area contributed by atoms with E-state index in [0.717, 1.165) is 17.6 Å². The molecule has 0 aromatic heterocycles. The molecule has 0 N–H and O–H groups in total. The largest absolute Gasteiger partial charge is 0.240 e. The Morgan fingerprint density at radius 1 is 1.15 bits per heavy atom. The molecule has 0 bridgehead atoms. The van der Waals surface area contributed by atoms with E-state index >= 15 is 0 Å². The van der Waals surface area contributed by atoms with E-state index < -0.39 is 0 Å². The molecule has 2 rings (SSSR count). The molecule has 0 saturated heterocycles. The summed E-state index contributed by atoms with van der Waals surface area (Å²) in [4.78, 5) is 28.4. The van der Waals surface area contributed by atoms with Gasteiger partial charge in [0.15, 0.2) is 0 Å². The number of nitrogens with zero attached hydrogens (tertiary/aromatic N) is 2. The molecule has 0 fully saturated rings. The Morgan fingerprint density at radius 2 is 1.90 bits per heavy atom. The number of allylic oxidation sites excluding steroid dienone is 4. The molecule has 0 saturated carbocycles. The Bertz CT molecular complexity index is 686. The first-order valence-corrected chi connectivity index (χ1v) is 6.25. The lowest BCUT2D eigenvalue weighted by Gasteiger charge is -2.25. The van der Waals surface area contributed by atoms with E-state index in [1.807, 2.05) is 18.2 Å². The van der Waals surface area contributed by atoms with E-state index in [4.69, 9.17) is 0 Å². The van der Waals surface area contributed by atoms with Crippen LogP contribution in [-0.2, 0) is 9.59 Å². The molecule has 0 radical (unpaired) electrons. The molecular weight excluding hydrogens is 252 g/mol. The van der Waals surface area contributed by atoms with Crippen LogP contribution in [0.5, 0.6) is 0 Å². The topological polar surface area (TPSA) is 58.9 Å². The lowest BCUT2D eigenvalue weighted by molar-refractivity contribution is 0.492. The molecule has 1 aliphatic rings. The summed E-state index contributed by atoms with van der Waals surface area (Å²) in [5.41, 5.74) is 2.57. The highest BCUT2D eigenvalue weighted by Gasteiger charge is 2.22. The minimum absolute atomic E-state index is 0.0379. The number of para-hydroxylation sites is 1. The van der Waals surface area contributed by atoms with Crippen LogP contribution in [0.3, 0.4) is 0 Å². The average Bonchev–Trinajstić information content (AvgIpc) is 2.40. The Labute approximate surface area is 117 Å². The predicted octanol–water partition coefficient (Wildman–Crippen LogP) is 3.99. The highest BCUT2D eigenvalue weighted by molar-refractivity contribution is 5.84. The summed E-state index contributed by atoms with van der Waals surface area (Å²) in [5.74, 6) is 0. The molecule has 1 aliphatic carbocycles. The molecule has 0 spiro atoms. The van der Waals surface area contributed by atoms with Gasteiger partial charge in [0.2, 0.25) is 12.2 Å². The standard InChI is InChI=1S/C16H14N2O2/c1-16(2)8-4-5-12(9-16)13-6-3-7-14(17-10-19)15(13)18-11-20/h3-8H,9H2,1-2H3. The van der Waals surface area contributed by atoms with E-state index in [1.165, 1.54) is 12.2 Å². The van der Waals surface area contributed by atoms with Gasteiger partial charge < -0.3 is 0 Å². The lowest BCUT2D eigenvalue weighted by Crippen LogP contribution is -2.10. The van der Waals surface area contributed by atoms with Crippen molar-refractivity contribution >= 4 is 29.1 Å². The van der Waals surface area contributed by atoms with Crippen molar-refractivity contribution in [3.8, 4) is 0 Å². The zero-order valence-electron chi connectivity index (χ0n) is 11.4. The molecule has 1 aromatic rings. The van der Waals surface area contributed by atoms with Crippen LogP contribution >= 0.6 is 0 Å². The van der Waals surface area contributed by atoms with E-state index in [9.17, 15) is 9.59 Å². The van der Waals surface area contributed by atoms with Gasteiger partial charge in [0.1, 0.15) is 11.4 Å². The third-order valence-corrected chi connectivity index (χ3v) is 3.18. The Balaban J connectivity index is 2.60.